The van der Waals surface area contributed by atoms with E-state index < -0.39 is 6.10 Å². The highest BCUT2D eigenvalue weighted by Gasteiger charge is 2.15. The lowest BCUT2D eigenvalue weighted by Crippen LogP contribution is -2.34. The molecule has 0 radical (unpaired) electrons. The monoisotopic (exact) mass is 412 g/mol. The maximum atomic E-state index is 10.6. The van der Waals surface area contributed by atoms with Gasteiger partial charge in [0.25, 0.3) is 0 Å². The molecule has 0 aliphatic rings. The van der Waals surface area contributed by atoms with Crippen LogP contribution in [0.3, 0.4) is 0 Å². The third-order valence-electron chi connectivity index (χ3n) is 5.40. The average molecular weight is 413 g/mol. The fourth-order valence-electron chi connectivity index (χ4n) is 3.61. The minimum atomic E-state index is -0.733. The van der Waals surface area contributed by atoms with Gasteiger partial charge in [-0.1, -0.05) is 26.0 Å². The van der Waals surface area contributed by atoms with E-state index in [1.54, 1.807) is 7.11 Å². The molecule has 0 aliphatic heterocycles. The topological polar surface area (TPSA) is 75.6 Å². The minimum Gasteiger partial charge on any atom is -0.497 e. The van der Waals surface area contributed by atoms with Crippen LogP contribution in [-0.2, 0) is 13.1 Å². The first-order valence-corrected chi connectivity index (χ1v) is 10.5. The highest BCUT2D eigenvalue weighted by molar-refractivity contribution is 5.75. The molecular formula is C23H32N4O3. The smallest absolute Gasteiger partial charge is 0.203 e. The standard InChI is InChI=1S/C23H32N4O3/c1-4-25(5-2)14-15-26-21-8-6-7-9-22(21)27(23(26)24)16-18(28)17-30-20-12-10-19(29-3)11-13-20/h6-13,18,24,28H,4-5,14-17H2,1-3H3/t18-/m0/s1. The van der Waals surface area contributed by atoms with Crippen molar-refractivity contribution < 1.29 is 14.6 Å². The molecule has 1 heterocycles. The van der Waals surface area contributed by atoms with E-state index in [9.17, 15) is 5.11 Å². The molecule has 0 unspecified atom stereocenters. The molecule has 1 aromatic heterocycles. The predicted octanol–water partition coefficient (Wildman–Crippen LogP) is 2.71. The second kappa shape index (κ2) is 10.3. The van der Waals surface area contributed by atoms with Crippen LogP contribution >= 0.6 is 0 Å². The Hall–Kier alpha value is -2.77. The summed E-state index contributed by atoms with van der Waals surface area (Å²) < 4.78 is 14.7. The molecule has 0 saturated carbocycles. The zero-order valence-corrected chi connectivity index (χ0v) is 18.0. The van der Waals surface area contributed by atoms with Crippen LogP contribution in [-0.4, -0.2) is 58.6 Å². The number of rotatable bonds is 11. The average Bonchev–Trinajstić information content (AvgIpc) is 3.04. The molecule has 7 heteroatoms. The van der Waals surface area contributed by atoms with E-state index in [0.29, 0.717) is 17.9 Å². The van der Waals surface area contributed by atoms with Gasteiger partial charge in [-0.25, -0.2) is 0 Å². The normalized spacial score (nSPS) is 12.4. The number of likely N-dealkylation sites (N-methyl/N-ethyl adjacent to an activating group) is 1. The van der Waals surface area contributed by atoms with Crippen LogP contribution in [0.15, 0.2) is 48.5 Å². The molecule has 1 atom stereocenters. The van der Waals surface area contributed by atoms with Crippen LogP contribution in [0.1, 0.15) is 13.8 Å². The predicted molar refractivity (Wildman–Crippen MR) is 118 cm³/mol. The van der Waals surface area contributed by atoms with Crippen LogP contribution in [0.5, 0.6) is 11.5 Å². The van der Waals surface area contributed by atoms with Crippen LogP contribution < -0.4 is 15.1 Å². The molecule has 162 valence electrons. The molecular weight excluding hydrogens is 380 g/mol. The summed E-state index contributed by atoms with van der Waals surface area (Å²) in [4.78, 5) is 2.34. The van der Waals surface area contributed by atoms with E-state index in [1.807, 2.05) is 57.7 Å². The minimum absolute atomic E-state index is 0.151. The number of para-hydroxylation sites is 2. The van der Waals surface area contributed by atoms with Gasteiger partial charge < -0.3 is 28.6 Å². The Bertz CT molecular complexity index is 990. The molecule has 0 spiro atoms. The lowest BCUT2D eigenvalue weighted by Gasteiger charge is -2.18. The van der Waals surface area contributed by atoms with E-state index in [0.717, 1.165) is 43.0 Å². The van der Waals surface area contributed by atoms with E-state index in [2.05, 4.69) is 18.7 Å². The zero-order valence-electron chi connectivity index (χ0n) is 18.0. The Morgan fingerprint density at radius 2 is 1.57 bits per heavy atom. The maximum absolute atomic E-state index is 10.6. The van der Waals surface area contributed by atoms with Gasteiger partial charge in [-0.2, -0.15) is 0 Å². The fourth-order valence-corrected chi connectivity index (χ4v) is 3.61. The Labute approximate surface area is 177 Å². The molecule has 3 aromatic rings. The number of aliphatic hydroxyl groups excluding tert-OH is 1. The van der Waals surface area contributed by atoms with Gasteiger partial charge >= 0.3 is 0 Å². The first kappa shape index (κ1) is 21.9. The summed E-state index contributed by atoms with van der Waals surface area (Å²) in [6, 6.07) is 15.3. The number of fused-ring (bicyclic) bond motifs is 1. The summed E-state index contributed by atoms with van der Waals surface area (Å²) >= 11 is 0. The van der Waals surface area contributed by atoms with E-state index >= 15 is 0 Å². The molecule has 0 amide bonds. The van der Waals surface area contributed by atoms with Crippen molar-refractivity contribution in [2.24, 2.45) is 0 Å². The lowest BCUT2D eigenvalue weighted by molar-refractivity contribution is 0.0920. The number of ether oxygens (including phenoxy) is 2. The molecule has 0 fully saturated rings. The lowest BCUT2D eigenvalue weighted by atomic mass is 10.3. The summed E-state index contributed by atoms with van der Waals surface area (Å²) in [7, 11) is 1.62. The number of nitrogens with zero attached hydrogens (tertiary/aromatic N) is 3. The number of methoxy groups -OCH3 is 1. The third-order valence-corrected chi connectivity index (χ3v) is 5.40. The van der Waals surface area contributed by atoms with Crippen molar-refractivity contribution in [1.29, 1.82) is 5.41 Å². The Balaban J connectivity index is 1.73. The number of nitrogens with one attached hydrogen (secondary N) is 1. The molecule has 7 nitrogen and oxygen atoms in total. The van der Waals surface area contributed by atoms with Gasteiger partial charge in [0.05, 0.1) is 24.7 Å². The number of imidazole rings is 1. The SMILES string of the molecule is CCN(CC)CCn1c(=N)n(C[C@H](O)COc2ccc(OC)cc2)c2ccccc21. The number of hydrogen-bond acceptors (Lipinski definition) is 5. The Morgan fingerprint density at radius 1 is 0.967 bits per heavy atom. The second-order valence-electron chi connectivity index (χ2n) is 7.24. The summed E-state index contributed by atoms with van der Waals surface area (Å²) in [5.74, 6) is 1.43. The van der Waals surface area contributed by atoms with E-state index in [1.165, 1.54) is 0 Å². The van der Waals surface area contributed by atoms with Gasteiger partial charge in [0.2, 0.25) is 5.62 Å². The highest BCUT2D eigenvalue weighted by Crippen LogP contribution is 2.18. The quantitative estimate of drug-likeness (QED) is 0.508. The van der Waals surface area contributed by atoms with Crippen molar-refractivity contribution in [3.63, 3.8) is 0 Å². The third kappa shape index (κ3) is 5.04. The van der Waals surface area contributed by atoms with Gasteiger partial charge in [0.15, 0.2) is 0 Å². The molecule has 2 N–H and O–H groups in total. The van der Waals surface area contributed by atoms with Crippen LogP contribution in [0.25, 0.3) is 11.0 Å². The summed E-state index contributed by atoms with van der Waals surface area (Å²) in [5, 5.41) is 19.3. The molecule has 0 aliphatic carbocycles. The van der Waals surface area contributed by atoms with Crippen LogP contribution in [0.2, 0.25) is 0 Å². The number of benzene rings is 2. The van der Waals surface area contributed by atoms with Gasteiger partial charge in [0.1, 0.15) is 24.2 Å². The van der Waals surface area contributed by atoms with Crippen molar-refractivity contribution in [2.45, 2.75) is 33.0 Å². The van der Waals surface area contributed by atoms with Crippen molar-refractivity contribution in [1.82, 2.24) is 14.0 Å². The fraction of sp³-hybridized carbons (Fsp3) is 0.435. The van der Waals surface area contributed by atoms with E-state index in [-0.39, 0.29) is 6.61 Å². The molecule has 0 saturated heterocycles. The Kier molecular flexibility index (Phi) is 7.54. The summed E-state index contributed by atoms with van der Waals surface area (Å²) in [6.45, 7) is 8.37. The number of aromatic nitrogens is 2. The molecule has 30 heavy (non-hydrogen) atoms. The van der Waals surface area contributed by atoms with Gasteiger partial charge in [-0.15, -0.1) is 0 Å². The summed E-state index contributed by atoms with van der Waals surface area (Å²) in [5.41, 5.74) is 2.36. The molecule has 3 rings (SSSR count). The first-order valence-electron chi connectivity index (χ1n) is 10.5. The number of hydrogen-bond donors (Lipinski definition) is 2. The van der Waals surface area contributed by atoms with E-state index in [4.69, 9.17) is 14.9 Å². The van der Waals surface area contributed by atoms with Gasteiger partial charge in [-0.3, -0.25) is 5.41 Å². The van der Waals surface area contributed by atoms with Crippen molar-refractivity contribution in [2.75, 3.05) is 33.4 Å². The van der Waals surface area contributed by atoms with Crippen molar-refractivity contribution >= 4 is 11.0 Å². The van der Waals surface area contributed by atoms with Crippen LogP contribution in [0, 0.1) is 5.41 Å². The Morgan fingerprint density at radius 3 is 2.17 bits per heavy atom. The first-order chi connectivity index (χ1) is 14.6. The van der Waals surface area contributed by atoms with Crippen molar-refractivity contribution in [3.05, 3.63) is 54.1 Å². The maximum Gasteiger partial charge on any atom is 0.203 e. The van der Waals surface area contributed by atoms with Crippen LogP contribution in [0.4, 0.5) is 0 Å². The molecule has 0 bridgehead atoms. The second-order valence-corrected chi connectivity index (χ2v) is 7.24. The largest absolute Gasteiger partial charge is 0.497 e. The summed E-state index contributed by atoms with van der Waals surface area (Å²) in [6.07, 6.45) is -0.733. The molecule has 2 aromatic carbocycles. The highest BCUT2D eigenvalue weighted by atomic mass is 16.5. The van der Waals surface area contributed by atoms with Gasteiger partial charge in [0, 0.05) is 13.1 Å². The number of aliphatic hydroxyl groups is 1. The zero-order chi connectivity index (χ0) is 21.5. The van der Waals surface area contributed by atoms with Crippen molar-refractivity contribution in [3.8, 4) is 11.5 Å². The van der Waals surface area contributed by atoms with Gasteiger partial charge in [-0.05, 0) is 49.5 Å².